The van der Waals surface area contributed by atoms with Crippen molar-refractivity contribution >= 4 is 5.91 Å². The molecule has 142 valence electrons. The first-order chi connectivity index (χ1) is 13.2. The molecule has 0 fully saturated rings. The molecule has 5 nitrogen and oxygen atoms in total. The van der Waals surface area contributed by atoms with Crippen molar-refractivity contribution in [1.82, 2.24) is 10.6 Å². The van der Waals surface area contributed by atoms with Crippen LogP contribution in [-0.2, 0) is 11.3 Å². The van der Waals surface area contributed by atoms with Crippen LogP contribution in [0.1, 0.15) is 17.0 Å². The first kappa shape index (κ1) is 19.3. The van der Waals surface area contributed by atoms with Crippen molar-refractivity contribution in [3.8, 4) is 0 Å². The zero-order chi connectivity index (χ0) is 19.1. The molecule has 2 aromatic carbocycles. The minimum atomic E-state index is -0.725. The number of carbonyl (C=O) groups is 1. The van der Waals surface area contributed by atoms with Crippen molar-refractivity contribution < 1.29 is 15.0 Å². The number of amides is 1. The lowest BCUT2D eigenvalue weighted by Crippen LogP contribution is -2.52. The number of aliphatic hydroxyl groups is 2. The summed E-state index contributed by atoms with van der Waals surface area (Å²) in [5.74, 6) is -0.547. The van der Waals surface area contributed by atoms with Gasteiger partial charge in [-0.3, -0.25) is 4.79 Å². The summed E-state index contributed by atoms with van der Waals surface area (Å²) in [6.45, 7) is 0.462. The van der Waals surface area contributed by atoms with Crippen LogP contribution in [0.5, 0.6) is 0 Å². The van der Waals surface area contributed by atoms with E-state index in [4.69, 9.17) is 0 Å². The lowest BCUT2D eigenvalue weighted by molar-refractivity contribution is -0.120. The van der Waals surface area contributed by atoms with Gasteiger partial charge in [0.05, 0.1) is 19.3 Å². The maximum absolute atomic E-state index is 12.2. The van der Waals surface area contributed by atoms with Crippen molar-refractivity contribution in [1.29, 1.82) is 0 Å². The molecule has 4 N–H and O–H groups in total. The highest BCUT2D eigenvalue weighted by Gasteiger charge is 2.35. The molecule has 0 saturated carbocycles. The summed E-state index contributed by atoms with van der Waals surface area (Å²) in [5.41, 5.74) is 2.04. The minimum Gasteiger partial charge on any atom is -0.396 e. The molecule has 2 aromatic rings. The number of hydrogen-bond acceptors (Lipinski definition) is 4. The normalized spacial score (nSPS) is 24.5. The average Bonchev–Trinajstić information content (AvgIpc) is 2.72. The lowest BCUT2D eigenvalue weighted by Gasteiger charge is -2.36. The zero-order valence-corrected chi connectivity index (χ0v) is 15.2. The third-order valence-electron chi connectivity index (χ3n) is 4.99. The van der Waals surface area contributed by atoms with E-state index in [1.807, 2.05) is 72.8 Å². The van der Waals surface area contributed by atoms with Gasteiger partial charge < -0.3 is 20.8 Å². The fourth-order valence-corrected chi connectivity index (χ4v) is 3.47. The SMILES string of the molecule is O=C(CN[C@H]1[C@@H](O)[C@@H](c2ccccc2)C=C[C@@H]1CO)NCc1ccccc1. The molecular formula is C22H26N2O3. The third-order valence-corrected chi connectivity index (χ3v) is 4.99. The summed E-state index contributed by atoms with van der Waals surface area (Å²) >= 11 is 0. The van der Waals surface area contributed by atoms with Gasteiger partial charge in [0.15, 0.2) is 0 Å². The van der Waals surface area contributed by atoms with E-state index in [1.165, 1.54) is 0 Å². The van der Waals surface area contributed by atoms with E-state index in [2.05, 4.69) is 10.6 Å². The number of hydrogen-bond donors (Lipinski definition) is 4. The molecule has 1 aliphatic rings. The Morgan fingerprint density at radius 2 is 1.63 bits per heavy atom. The monoisotopic (exact) mass is 366 g/mol. The van der Waals surface area contributed by atoms with Gasteiger partial charge in [0, 0.05) is 24.4 Å². The Labute approximate surface area is 159 Å². The number of aliphatic hydroxyl groups excluding tert-OH is 2. The zero-order valence-electron chi connectivity index (χ0n) is 15.2. The second-order valence-electron chi connectivity index (χ2n) is 6.83. The van der Waals surface area contributed by atoms with Crippen LogP contribution in [0.15, 0.2) is 72.8 Å². The van der Waals surface area contributed by atoms with E-state index in [1.54, 1.807) is 0 Å². The fraction of sp³-hybridized carbons (Fsp3) is 0.318. The molecule has 0 aromatic heterocycles. The van der Waals surface area contributed by atoms with E-state index in [0.717, 1.165) is 11.1 Å². The van der Waals surface area contributed by atoms with E-state index >= 15 is 0 Å². The Bertz CT molecular complexity index is 749. The predicted molar refractivity (Wildman–Crippen MR) is 105 cm³/mol. The Morgan fingerprint density at radius 3 is 2.30 bits per heavy atom. The molecule has 0 heterocycles. The van der Waals surface area contributed by atoms with Crippen molar-refractivity contribution in [2.75, 3.05) is 13.2 Å². The van der Waals surface area contributed by atoms with Gasteiger partial charge in [-0.1, -0.05) is 72.8 Å². The number of benzene rings is 2. The molecule has 0 saturated heterocycles. The van der Waals surface area contributed by atoms with Crippen LogP contribution in [-0.4, -0.2) is 41.4 Å². The van der Waals surface area contributed by atoms with Crippen LogP contribution in [0.4, 0.5) is 0 Å². The molecule has 0 radical (unpaired) electrons. The molecule has 1 aliphatic carbocycles. The highest BCUT2D eigenvalue weighted by molar-refractivity contribution is 5.78. The maximum Gasteiger partial charge on any atom is 0.234 e. The first-order valence-corrected chi connectivity index (χ1v) is 9.25. The highest BCUT2D eigenvalue weighted by atomic mass is 16.3. The molecule has 27 heavy (non-hydrogen) atoms. The van der Waals surface area contributed by atoms with Gasteiger partial charge in [0.2, 0.25) is 5.91 Å². The number of carbonyl (C=O) groups excluding carboxylic acids is 1. The van der Waals surface area contributed by atoms with Gasteiger partial charge in [-0.25, -0.2) is 0 Å². The second kappa shape index (κ2) is 9.46. The number of nitrogens with one attached hydrogen (secondary N) is 2. The first-order valence-electron chi connectivity index (χ1n) is 9.25. The van der Waals surface area contributed by atoms with Crippen LogP contribution in [0.2, 0.25) is 0 Å². The Morgan fingerprint density at radius 1 is 0.963 bits per heavy atom. The molecule has 0 bridgehead atoms. The van der Waals surface area contributed by atoms with Crippen molar-refractivity contribution in [3.63, 3.8) is 0 Å². The standard InChI is InChI=1S/C22H26N2O3/c25-15-18-11-12-19(17-9-5-2-6-10-17)22(27)21(18)24-14-20(26)23-13-16-7-3-1-4-8-16/h1-12,18-19,21-22,24-25,27H,13-15H2,(H,23,26)/t18-,19-,21-,22+/m1/s1. The van der Waals surface area contributed by atoms with Crippen LogP contribution in [0, 0.1) is 5.92 Å². The van der Waals surface area contributed by atoms with Crippen molar-refractivity contribution in [3.05, 3.63) is 83.9 Å². The van der Waals surface area contributed by atoms with Gasteiger partial charge in [-0.15, -0.1) is 0 Å². The van der Waals surface area contributed by atoms with Crippen LogP contribution in [0.25, 0.3) is 0 Å². The topological polar surface area (TPSA) is 81.6 Å². The Balaban J connectivity index is 1.58. The largest absolute Gasteiger partial charge is 0.396 e. The van der Waals surface area contributed by atoms with E-state index < -0.39 is 12.1 Å². The van der Waals surface area contributed by atoms with E-state index in [9.17, 15) is 15.0 Å². The molecule has 0 aliphatic heterocycles. The lowest BCUT2D eigenvalue weighted by atomic mass is 9.78. The summed E-state index contributed by atoms with van der Waals surface area (Å²) in [4.78, 5) is 12.2. The van der Waals surface area contributed by atoms with E-state index in [0.29, 0.717) is 6.54 Å². The molecule has 3 rings (SSSR count). The average molecular weight is 366 g/mol. The molecule has 0 unspecified atom stereocenters. The summed E-state index contributed by atoms with van der Waals surface area (Å²) in [7, 11) is 0. The summed E-state index contributed by atoms with van der Waals surface area (Å²) in [5, 5.41) is 26.5. The van der Waals surface area contributed by atoms with Gasteiger partial charge in [0.1, 0.15) is 0 Å². The molecule has 1 amide bonds. The summed E-state index contributed by atoms with van der Waals surface area (Å²) in [6.07, 6.45) is 3.13. The quantitative estimate of drug-likeness (QED) is 0.561. The highest BCUT2D eigenvalue weighted by Crippen LogP contribution is 2.31. The minimum absolute atomic E-state index is 0.0837. The maximum atomic E-state index is 12.2. The van der Waals surface area contributed by atoms with Crippen LogP contribution < -0.4 is 10.6 Å². The summed E-state index contributed by atoms with van der Waals surface area (Å²) < 4.78 is 0. The summed E-state index contributed by atoms with van der Waals surface area (Å²) in [6, 6.07) is 19.1. The molecule has 4 atom stereocenters. The predicted octanol–water partition coefficient (Wildman–Crippen LogP) is 1.58. The van der Waals surface area contributed by atoms with Crippen LogP contribution in [0.3, 0.4) is 0 Å². The van der Waals surface area contributed by atoms with Crippen LogP contribution >= 0.6 is 0 Å². The van der Waals surface area contributed by atoms with Gasteiger partial charge in [-0.05, 0) is 11.1 Å². The van der Waals surface area contributed by atoms with Crippen molar-refractivity contribution in [2.24, 2.45) is 5.92 Å². The van der Waals surface area contributed by atoms with Gasteiger partial charge >= 0.3 is 0 Å². The number of rotatable bonds is 7. The molecule has 0 spiro atoms. The fourth-order valence-electron chi connectivity index (χ4n) is 3.47. The smallest absolute Gasteiger partial charge is 0.234 e. The molecule has 5 heteroatoms. The van der Waals surface area contributed by atoms with Crippen molar-refractivity contribution in [2.45, 2.75) is 24.6 Å². The molecular weight excluding hydrogens is 340 g/mol. The third kappa shape index (κ3) is 5.04. The van der Waals surface area contributed by atoms with Gasteiger partial charge in [0.25, 0.3) is 0 Å². The Hall–Kier alpha value is -2.47. The second-order valence-corrected chi connectivity index (χ2v) is 6.83. The Kier molecular flexibility index (Phi) is 6.76. The van der Waals surface area contributed by atoms with E-state index in [-0.39, 0.29) is 30.9 Å². The van der Waals surface area contributed by atoms with Gasteiger partial charge in [-0.2, -0.15) is 0 Å².